The molecule has 0 fully saturated rings. The first-order valence-corrected chi connectivity index (χ1v) is 8.24. The summed E-state index contributed by atoms with van der Waals surface area (Å²) in [5.41, 5.74) is 1.72. The number of para-hydroxylation sites is 2. The molecule has 0 radical (unpaired) electrons. The van der Waals surface area contributed by atoms with Crippen LogP contribution in [0.1, 0.15) is 35.4 Å². The van der Waals surface area contributed by atoms with Crippen LogP contribution in [0.25, 0.3) is 11.0 Å². The van der Waals surface area contributed by atoms with Gasteiger partial charge < -0.3 is 9.88 Å². The van der Waals surface area contributed by atoms with Crippen LogP contribution in [0.2, 0.25) is 0 Å². The largest absolute Gasteiger partial charge is 0.344 e. The fourth-order valence-electron chi connectivity index (χ4n) is 2.49. The van der Waals surface area contributed by atoms with Gasteiger partial charge in [0.15, 0.2) is 5.78 Å². The molecule has 118 valence electrons. The van der Waals surface area contributed by atoms with Crippen molar-refractivity contribution in [1.29, 1.82) is 0 Å². The van der Waals surface area contributed by atoms with Crippen LogP contribution < -0.4 is 5.32 Å². The Morgan fingerprint density at radius 2 is 2.04 bits per heavy atom. The number of nitrogens with zero attached hydrogens (tertiary/aromatic N) is 2. The molecule has 0 aliphatic heterocycles. The number of rotatable bonds is 5. The molecular weight excluding hydrogens is 310 g/mol. The van der Waals surface area contributed by atoms with E-state index in [1.54, 1.807) is 13.0 Å². The summed E-state index contributed by atoms with van der Waals surface area (Å²) in [6.45, 7) is 3.69. The summed E-state index contributed by atoms with van der Waals surface area (Å²) in [7, 11) is 0. The highest BCUT2D eigenvalue weighted by molar-refractivity contribution is 7.12. The van der Waals surface area contributed by atoms with E-state index in [9.17, 15) is 9.59 Å². The van der Waals surface area contributed by atoms with E-state index in [-0.39, 0.29) is 24.3 Å². The van der Waals surface area contributed by atoms with Crippen molar-refractivity contribution in [1.82, 2.24) is 14.9 Å². The van der Waals surface area contributed by atoms with Gasteiger partial charge in [-0.15, -0.1) is 11.3 Å². The second-order valence-corrected chi connectivity index (χ2v) is 6.28. The zero-order chi connectivity index (χ0) is 16.4. The first kappa shape index (κ1) is 15.4. The standard InChI is InChI=1S/C17H17N3O2S/c1-11(12(2)21)20-14-7-4-3-6-13(14)19-16(20)10-18-17(22)15-8-5-9-23-15/h3-9,11H,10H2,1-2H3,(H,18,22). The zero-order valence-electron chi connectivity index (χ0n) is 12.9. The van der Waals surface area contributed by atoms with E-state index in [1.807, 2.05) is 47.2 Å². The molecule has 0 bridgehead atoms. The smallest absolute Gasteiger partial charge is 0.261 e. The predicted molar refractivity (Wildman–Crippen MR) is 90.6 cm³/mol. The topological polar surface area (TPSA) is 64.0 Å². The maximum absolute atomic E-state index is 12.1. The molecule has 0 spiro atoms. The highest BCUT2D eigenvalue weighted by Crippen LogP contribution is 2.22. The van der Waals surface area contributed by atoms with E-state index in [0.717, 1.165) is 11.0 Å². The Morgan fingerprint density at radius 3 is 2.74 bits per heavy atom. The van der Waals surface area contributed by atoms with Gasteiger partial charge in [-0.1, -0.05) is 18.2 Å². The number of carbonyl (C=O) groups is 2. The van der Waals surface area contributed by atoms with Crippen molar-refractivity contribution in [2.24, 2.45) is 0 Å². The molecule has 1 amide bonds. The molecule has 0 aliphatic rings. The number of hydrogen-bond donors (Lipinski definition) is 1. The Bertz CT molecular complexity index is 852. The number of aromatic nitrogens is 2. The number of nitrogens with one attached hydrogen (secondary N) is 1. The molecule has 23 heavy (non-hydrogen) atoms. The molecule has 1 atom stereocenters. The van der Waals surface area contributed by atoms with Crippen LogP contribution in [0.3, 0.4) is 0 Å². The van der Waals surface area contributed by atoms with E-state index in [2.05, 4.69) is 10.3 Å². The molecular formula is C17H17N3O2S. The summed E-state index contributed by atoms with van der Waals surface area (Å²) in [5.74, 6) is 0.604. The number of ketones is 1. The molecule has 1 N–H and O–H groups in total. The number of imidazole rings is 1. The molecule has 1 unspecified atom stereocenters. The minimum atomic E-state index is -0.323. The van der Waals surface area contributed by atoms with Crippen molar-refractivity contribution in [2.75, 3.05) is 0 Å². The lowest BCUT2D eigenvalue weighted by atomic mass is 10.2. The van der Waals surface area contributed by atoms with Crippen molar-refractivity contribution >= 4 is 34.1 Å². The summed E-state index contributed by atoms with van der Waals surface area (Å²) in [5, 5.41) is 4.74. The average molecular weight is 327 g/mol. The fraction of sp³-hybridized carbons (Fsp3) is 0.235. The minimum absolute atomic E-state index is 0.0546. The maximum Gasteiger partial charge on any atom is 0.261 e. The van der Waals surface area contributed by atoms with E-state index >= 15 is 0 Å². The maximum atomic E-state index is 12.1. The van der Waals surface area contributed by atoms with Gasteiger partial charge in [-0.25, -0.2) is 4.98 Å². The molecule has 2 aromatic heterocycles. The second kappa shape index (κ2) is 6.34. The van der Waals surface area contributed by atoms with Crippen LogP contribution in [0.5, 0.6) is 0 Å². The lowest BCUT2D eigenvalue weighted by Gasteiger charge is -2.15. The molecule has 3 rings (SSSR count). The number of fused-ring (bicyclic) bond motifs is 1. The number of amides is 1. The van der Waals surface area contributed by atoms with E-state index in [4.69, 9.17) is 0 Å². The van der Waals surface area contributed by atoms with E-state index in [0.29, 0.717) is 10.7 Å². The zero-order valence-corrected chi connectivity index (χ0v) is 13.8. The molecule has 5 nitrogen and oxygen atoms in total. The Labute approximate surface area is 138 Å². The summed E-state index contributed by atoms with van der Waals surface area (Å²) in [6, 6.07) is 11.0. The molecule has 3 aromatic rings. The monoisotopic (exact) mass is 327 g/mol. The molecule has 2 heterocycles. The van der Waals surface area contributed by atoms with Gasteiger partial charge in [0.25, 0.3) is 5.91 Å². The van der Waals surface area contributed by atoms with Crippen LogP contribution >= 0.6 is 11.3 Å². The fourth-order valence-corrected chi connectivity index (χ4v) is 3.13. The van der Waals surface area contributed by atoms with Crippen molar-refractivity contribution in [3.63, 3.8) is 0 Å². The van der Waals surface area contributed by atoms with Crippen LogP contribution in [0, 0.1) is 0 Å². The Balaban J connectivity index is 1.92. The van der Waals surface area contributed by atoms with Crippen molar-refractivity contribution in [2.45, 2.75) is 26.4 Å². The Morgan fingerprint density at radius 1 is 1.26 bits per heavy atom. The summed E-state index contributed by atoms with van der Waals surface area (Å²) in [4.78, 5) is 29.2. The Hall–Kier alpha value is -2.47. The van der Waals surface area contributed by atoms with Crippen LogP contribution in [0.15, 0.2) is 41.8 Å². The highest BCUT2D eigenvalue weighted by atomic mass is 32.1. The van der Waals surface area contributed by atoms with Gasteiger partial charge in [0.1, 0.15) is 5.82 Å². The number of hydrogen-bond acceptors (Lipinski definition) is 4. The van der Waals surface area contributed by atoms with Crippen LogP contribution in [0.4, 0.5) is 0 Å². The van der Waals surface area contributed by atoms with E-state index < -0.39 is 0 Å². The number of benzene rings is 1. The van der Waals surface area contributed by atoms with Gasteiger partial charge in [0.2, 0.25) is 0 Å². The van der Waals surface area contributed by atoms with Gasteiger partial charge in [-0.05, 0) is 37.4 Å². The third-order valence-corrected chi connectivity index (χ3v) is 4.67. The van der Waals surface area contributed by atoms with E-state index in [1.165, 1.54) is 11.3 Å². The van der Waals surface area contributed by atoms with Crippen molar-refractivity contribution < 1.29 is 9.59 Å². The molecule has 1 aromatic carbocycles. The summed E-state index contributed by atoms with van der Waals surface area (Å²) in [6.07, 6.45) is 0. The lowest BCUT2D eigenvalue weighted by molar-refractivity contribution is -0.119. The normalized spacial score (nSPS) is 12.3. The molecule has 0 saturated heterocycles. The van der Waals surface area contributed by atoms with Gasteiger partial charge >= 0.3 is 0 Å². The minimum Gasteiger partial charge on any atom is -0.344 e. The highest BCUT2D eigenvalue weighted by Gasteiger charge is 2.19. The quantitative estimate of drug-likeness (QED) is 0.783. The van der Waals surface area contributed by atoms with Crippen LogP contribution in [-0.2, 0) is 11.3 Å². The van der Waals surface area contributed by atoms with Gasteiger partial charge in [-0.3, -0.25) is 9.59 Å². The first-order valence-electron chi connectivity index (χ1n) is 7.36. The number of Topliss-reactive ketones (excluding diaryl/α,β-unsaturated/α-hetero) is 1. The predicted octanol–water partition coefficient (Wildman–Crippen LogP) is 3.18. The summed E-state index contributed by atoms with van der Waals surface area (Å²) < 4.78 is 1.90. The Kier molecular flexibility index (Phi) is 4.25. The van der Waals surface area contributed by atoms with Gasteiger partial charge in [0.05, 0.1) is 28.5 Å². The first-order chi connectivity index (χ1) is 11.1. The lowest BCUT2D eigenvalue weighted by Crippen LogP contribution is -2.25. The van der Waals surface area contributed by atoms with Crippen LogP contribution in [-0.4, -0.2) is 21.2 Å². The average Bonchev–Trinajstić information content (AvgIpc) is 3.19. The molecule has 0 saturated carbocycles. The molecule has 6 heteroatoms. The third-order valence-electron chi connectivity index (χ3n) is 3.80. The SMILES string of the molecule is CC(=O)C(C)n1c(CNC(=O)c2cccs2)nc2ccccc21. The number of thiophene rings is 1. The molecule has 0 aliphatic carbocycles. The van der Waals surface area contributed by atoms with Crippen molar-refractivity contribution in [3.8, 4) is 0 Å². The summed E-state index contributed by atoms with van der Waals surface area (Å²) >= 11 is 1.39. The number of carbonyl (C=O) groups excluding carboxylic acids is 2. The van der Waals surface area contributed by atoms with Gasteiger partial charge in [-0.2, -0.15) is 0 Å². The second-order valence-electron chi connectivity index (χ2n) is 5.33. The van der Waals surface area contributed by atoms with Gasteiger partial charge in [0, 0.05) is 0 Å². The van der Waals surface area contributed by atoms with Crippen molar-refractivity contribution in [3.05, 3.63) is 52.5 Å². The third kappa shape index (κ3) is 3.03.